The molecule has 0 radical (unpaired) electrons. The lowest BCUT2D eigenvalue weighted by Crippen LogP contribution is -2.49. The van der Waals surface area contributed by atoms with Gasteiger partial charge in [0, 0.05) is 24.0 Å². The van der Waals surface area contributed by atoms with Crippen molar-refractivity contribution in [2.45, 2.75) is 46.7 Å². The van der Waals surface area contributed by atoms with Crippen molar-refractivity contribution >= 4 is 23.3 Å². The molecule has 0 aliphatic carbocycles. The lowest BCUT2D eigenvalue weighted by Gasteiger charge is -2.27. The molecule has 0 aliphatic heterocycles. The van der Waals surface area contributed by atoms with Crippen LogP contribution in [0.2, 0.25) is 0 Å². The molecule has 6 nitrogen and oxygen atoms in total. The average molecular weight is 320 g/mol. The number of carbonyl (C=O) groups is 2. The van der Waals surface area contributed by atoms with Gasteiger partial charge in [-0.2, -0.15) is 0 Å². The Bertz CT molecular complexity index is 526. The van der Waals surface area contributed by atoms with Crippen LogP contribution in [0.15, 0.2) is 24.3 Å². The Balaban J connectivity index is 2.80. The minimum absolute atomic E-state index is 0.0571. The third-order valence-corrected chi connectivity index (χ3v) is 3.68. The maximum absolute atomic E-state index is 12.3. The number of benzene rings is 1. The number of nitrogens with one attached hydrogen (secondary N) is 2. The largest absolute Gasteiger partial charge is 0.369 e. The molecule has 1 rings (SSSR count). The SMILES string of the molecule is CCN(c1ccc(NC(=O)[C@@H](NC(N)=O)C(C)C)cc1)C(C)C. The van der Waals surface area contributed by atoms with E-state index < -0.39 is 12.1 Å². The molecule has 0 bridgehead atoms. The minimum Gasteiger partial charge on any atom is -0.369 e. The molecule has 3 amide bonds. The van der Waals surface area contributed by atoms with E-state index in [-0.39, 0.29) is 11.8 Å². The standard InChI is InChI=1S/C17H28N4O2/c1-6-21(12(4)5)14-9-7-13(8-10-14)19-16(22)15(11(2)3)20-17(18)23/h7-12,15H,6H2,1-5H3,(H,19,22)(H3,18,20,23)/t15-/m0/s1. The zero-order chi connectivity index (χ0) is 17.6. The van der Waals surface area contributed by atoms with Gasteiger partial charge in [0.05, 0.1) is 0 Å². The zero-order valence-electron chi connectivity index (χ0n) is 14.6. The molecule has 128 valence electrons. The Morgan fingerprint density at radius 2 is 1.70 bits per heavy atom. The lowest BCUT2D eigenvalue weighted by molar-refractivity contribution is -0.118. The van der Waals surface area contributed by atoms with Crippen molar-refractivity contribution in [3.05, 3.63) is 24.3 Å². The van der Waals surface area contributed by atoms with E-state index in [9.17, 15) is 9.59 Å². The highest BCUT2D eigenvalue weighted by atomic mass is 16.2. The summed E-state index contributed by atoms with van der Waals surface area (Å²) in [6, 6.07) is 6.72. The van der Waals surface area contributed by atoms with Gasteiger partial charge in [-0.1, -0.05) is 13.8 Å². The van der Waals surface area contributed by atoms with Gasteiger partial charge in [-0.25, -0.2) is 4.79 Å². The third kappa shape index (κ3) is 5.47. The summed E-state index contributed by atoms with van der Waals surface area (Å²) in [6.45, 7) is 11.0. The molecule has 0 spiro atoms. The van der Waals surface area contributed by atoms with Gasteiger partial charge in [0.25, 0.3) is 0 Å². The molecule has 0 saturated carbocycles. The Kier molecular flexibility index (Phi) is 6.88. The van der Waals surface area contributed by atoms with Gasteiger partial charge in [0.15, 0.2) is 0 Å². The van der Waals surface area contributed by atoms with Crippen LogP contribution in [0.4, 0.5) is 16.2 Å². The van der Waals surface area contributed by atoms with Gasteiger partial charge >= 0.3 is 6.03 Å². The molecule has 1 aromatic rings. The van der Waals surface area contributed by atoms with Crippen LogP contribution >= 0.6 is 0 Å². The maximum atomic E-state index is 12.3. The number of urea groups is 1. The fourth-order valence-corrected chi connectivity index (χ4v) is 2.49. The van der Waals surface area contributed by atoms with Crippen LogP contribution in [0.5, 0.6) is 0 Å². The van der Waals surface area contributed by atoms with Gasteiger partial charge in [-0.3, -0.25) is 4.79 Å². The Labute approximate surface area is 138 Å². The summed E-state index contributed by atoms with van der Waals surface area (Å²) in [6.07, 6.45) is 0. The predicted molar refractivity (Wildman–Crippen MR) is 94.6 cm³/mol. The van der Waals surface area contributed by atoms with Crippen molar-refractivity contribution in [3.8, 4) is 0 Å². The number of nitrogens with two attached hydrogens (primary N) is 1. The second-order valence-electron chi connectivity index (χ2n) is 6.15. The van der Waals surface area contributed by atoms with E-state index in [1.54, 1.807) is 0 Å². The van der Waals surface area contributed by atoms with E-state index in [0.717, 1.165) is 12.2 Å². The number of rotatable bonds is 7. The van der Waals surface area contributed by atoms with Crippen LogP contribution in [-0.2, 0) is 4.79 Å². The molecule has 0 heterocycles. The monoisotopic (exact) mass is 320 g/mol. The molecule has 4 N–H and O–H groups in total. The molecule has 23 heavy (non-hydrogen) atoms. The number of carbonyl (C=O) groups excluding carboxylic acids is 2. The van der Waals surface area contributed by atoms with Crippen LogP contribution in [0.25, 0.3) is 0 Å². The summed E-state index contributed by atoms with van der Waals surface area (Å²) in [5, 5.41) is 5.29. The van der Waals surface area contributed by atoms with Crippen molar-refractivity contribution in [3.63, 3.8) is 0 Å². The number of anilines is 2. The van der Waals surface area contributed by atoms with Crippen molar-refractivity contribution in [1.82, 2.24) is 5.32 Å². The Morgan fingerprint density at radius 3 is 2.09 bits per heavy atom. The van der Waals surface area contributed by atoms with Gasteiger partial charge in [-0.05, 0) is 51.0 Å². The first-order valence-corrected chi connectivity index (χ1v) is 7.99. The molecule has 0 saturated heterocycles. The predicted octanol–water partition coefficient (Wildman–Crippen LogP) is 2.55. The number of amides is 3. The summed E-state index contributed by atoms with van der Waals surface area (Å²) >= 11 is 0. The number of hydrogen-bond acceptors (Lipinski definition) is 3. The molecule has 0 unspecified atom stereocenters. The first-order valence-electron chi connectivity index (χ1n) is 7.99. The first kappa shape index (κ1) is 18.8. The molecule has 0 fully saturated rings. The van der Waals surface area contributed by atoms with Crippen LogP contribution in [0.3, 0.4) is 0 Å². The number of hydrogen-bond donors (Lipinski definition) is 3. The second kappa shape index (κ2) is 8.41. The fourth-order valence-electron chi connectivity index (χ4n) is 2.49. The first-order chi connectivity index (χ1) is 10.8. The summed E-state index contributed by atoms with van der Waals surface area (Å²) in [5.41, 5.74) is 6.92. The number of nitrogens with zero attached hydrogens (tertiary/aromatic N) is 1. The van der Waals surface area contributed by atoms with Crippen LogP contribution in [0.1, 0.15) is 34.6 Å². The highest BCUT2D eigenvalue weighted by molar-refractivity contribution is 5.97. The van der Waals surface area contributed by atoms with Crippen LogP contribution in [0, 0.1) is 5.92 Å². The van der Waals surface area contributed by atoms with Crippen LogP contribution in [-0.4, -0.2) is 30.6 Å². The van der Waals surface area contributed by atoms with Crippen molar-refractivity contribution < 1.29 is 9.59 Å². The normalized spacial score (nSPS) is 12.1. The van der Waals surface area contributed by atoms with E-state index in [1.807, 2.05) is 38.1 Å². The smallest absolute Gasteiger partial charge is 0.312 e. The maximum Gasteiger partial charge on any atom is 0.312 e. The summed E-state index contributed by atoms with van der Waals surface area (Å²) in [5.74, 6) is -0.332. The highest BCUT2D eigenvalue weighted by Crippen LogP contribution is 2.20. The van der Waals surface area contributed by atoms with Gasteiger partial charge in [0.1, 0.15) is 6.04 Å². The topological polar surface area (TPSA) is 87.5 Å². The van der Waals surface area contributed by atoms with Crippen molar-refractivity contribution in [2.24, 2.45) is 11.7 Å². The molecule has 0 aliphatic rings. The molecule has 6 heteroatoms. The van der Waals surface area contributed by atoms with Crippen LogP contribution < -0.4 is 21.3 Å². The minimum atomic E-state index is -0.704. The Morgan fingerprint density at radius 1 is 1.13 bits per heavy atom. The Hall–Kier alpha value is -2.24. The van der Waals surface area contributed by atoms with E-state index in [1.165, 1.54) is 0 Å². The lowest BCUT2D eigenvalue weighted by atomic mass is 10.0. The zero-order valence-corrected chi connectivity index (χ0v) is 14.6. The highest BCUT2D eigenvalue weighted by Gasteiger charge is 2.23. The van der Waals surface area contributed by atoms with Gasteiger partial charge in [-0.15, -0.1) is 0 Å². The third-order valence-electron chi connectivity index (χ3n) is 3.68. The quantitative estimate of drug-likeness (QED) is 0.721. The average Bonchev–Trinajstić information content (AvgIpc) is 2.46. The molecular weight excluding hydrogens is 292 g/mol. The van der Waals surface area contributed by atoms with E-state index in [0.29, 0.717) is 11.7 Å². The summed E-state index contributed by atoms with van der Waals surface area (Å²) in [4.78, 5) is 25.6. The van der Waals surface area contributed by atoms with E-state index in [4.69, 9.17) is 5.73 Å². The molecular formula is C17H28N4O2. The van der Waals surface area contributed by atoms with E-state index in [2.05, 4.69) is 36.3 Å². The summed E-state index contributed by atoms with van der Waals surface area (Å²) < 4.78 is 0. The van der Waals surface area contributed by atoms with Gasteiger partial charge in [0.2, 0.25) is 5.91 Å². The second-order valence-corrected chi connectivity index (χ2v) is 6.15. The number of primary amides is 1. The molecule has 0 aromatic heterocycles. The molecule has 1 aromatic carbocycles. The van der Waals surface area contributed by atoms with Gasteiger partial charge < -0.3 is 21.3 Å². The van der Waals surface area contributed by atoms with Crippen molar-refractivity contribution in [1.29, 1.82) is 0 Å². The fraction of sp³-hybridized carbons (Fsp3) is 0.529. The summed E-state index contributed by atoms with van der Waals surface area (Å²) in [7, 11) is 0. The van der Waals surface area contributed by atoms with Crippen molar-refractivity contribution in [2.75, 3.05) is 16.8 Å². The van der Waals surface area contributed by atoms with E-state index >= 15 is 0 Å². The molecule has 1 atom stereocenters.